The van der Waals surface area contributed by atoms with Crippen molar-refractivity contribution in [3.63, 3.8) is 0 Å². The summed E-state index contributed by atoms with van der Waals surface area (Å²) in [6, 6.07) is 11.3. The summed E-state index contributed by atoms with van der Waals surface area (Å²) >= 11 is 11.8. The quantitative estimate of drug-likeness (QED) is 0.458. The summed E-state index contributed by atoms with van der Waals surface area (Å²) in [7, 11) is 3.32. The number of amides is 2. The van der Waals surface area contributed by atoms with Crippen LogP contribution in [-0.2, 0) is 14.3 Å². The third kappa shape index (κ3) is 7.57. The van der Waals surface area contributed by atoms with E-state index >= 15 is 0 Å². The van der Waals surface area contributed by atoms with Gasteiger partial charge in [0.1, 0.15) is 5.75 Å². The summed E-state index contributed by atoms with van der Waals surface area (Å²) in [4.78, 5) is 37.0. The summed E-state index contributed by atoms with van der Waals surface area (Å²) in [6.45, 7) is -0.137. The maximum Gasteiger partial charge on any atom is 0.306 e. The van der Waals surface area contributed by atoms with Crippen LogP contribution in [0.1, 0.15) is 23.2 Å². The van der Waals surface area contributed by atoms with E-state index in [1.165, 1.54) is 4.90 Å². The molecule has 0 atom stereocenters. The van der Waals surface area contributed by atoms with Crippen LogP contribution in [0.5, 0.6) is 5.75 Å². The largest absolute Gasteiger partial charge is 0.492 e. The van der Waals surface area contributed by atoms with Gasteiger partial charge in [-0.3, -0.25) is 14.4 Å². The number of nitrogens with one attached hydrogen (secondary N) is 1. The van der Waals surface area contributed by atoms with E-state index in [-0.39, 0.29) is 18.9 Å². The smallest absolute Gasteiger partial charge is 0.306 e. The zero-order chi connectivity index (χ0) is 22.1. The maximum atomic E-state index is 11.9. The van der Waals surface area contributed by atoms with Crippen molar-refractivity contribution in [2.45, 2.75) is 12.8 Å². The van der Waals surface area contributed by atoms with Crippen LogP contribution >= 0.6 is 23.2 Å². The van der Waals surface area contributed by atoms with Crippen molar-refractivity contribution in [3.05, 3.63) is 58.1 Å². The maximum absolute atomic E-state index is 11.9. The van der Waals surface area contributed by atoms with Crippen LogP contribution < -0.4 is 10.1 Å². The second kappa shape index (κ2) is 11.4. The molecule has 0 aliphatic rings. The van der Waals surface area contributed by atoms with Crippen molar-refractivity contribution < 1.29 is 23.9 Å². The minimum atomic E-state index is -0.511. The molecule has 2 rings (SSSR count). The normalized spacial score (nSPS) is 10.3. The third-order valence-electron chi connectivity index (χ3n) is 3.86. The summed E-state index contributed by atoms with van der Waals surface area (Å²) in [5, 5.41) is 3.50. The number of nitrogens with zero attached hydrogens (tertiary/aromatic N) is 1. The number of esters is 1. The Morgan fingerprint density at radius 2 is 1.73 bits per heavy atom. The molecular weight excluding hydrogens is 431 g/mol. The van der Waals surface area contributed by atoms with Crippen LogP contribution in [0.4, 0.5) is 5.69 Å². The zero-order valence-electron chi connectivity index (χ0n) is 16.6. The van der Waals surface area contributed by atoms with Crippen LogP contribution in [0.15, 0.2) is 42.5 Å². The Morgan fingerprint density at radius 3 is 2.37 bits per heavy atom. The molecule has 0 unspecified atom stereocenters. The van der Waals surface area contributed by atoms with E-state index in [0.29, 0.717) is 33.5 Å². The third-order valence-corrected chi connectivity index (χ3v) is 4.39. The number of carbonyl (C=O) groups is 3. The van der Waals surface area contributed by atoms with Crippen LogP contribution in [0.2, 0.25) is 10.0 Å². The average Bonchev–Trinajstić information content (AvgIpc) is 2.71. The molecule has 7 nitrogen and oxygen atoms in total. The topological polar surface area (TPSA) is 84.9 Å². The fourth-order valence-electron chi connectivity index (χ4n) is 2.36. The van der Waals surface area contributed by atoms with Gasteiger partial charge in [-0.25, -0.2) is 0 Å². The first-order valence-corrected chi connectivity index (χ1v) is 9.87. The number of hydrogen-bond acceptors (Lipinski definition) is 5. The van der Waals surface area contributed by atoms with Crippen LogP contribution in [0, 0.1) is 0 Å². The van der Waals surface area contributed by atoms with Crippen molar-refractivity contribution in [1.29, 1.82) is 0 Å². The van der Waals surface area contributed by atoms with E-state index in [4.69, 9.17) is 32.7 Å². The molecule has 0 aliphatic carbocycles. The molecule has 0 saturated carbocycles. The zero-order valence-corrected chi connectivity index (χ0v) is 18.1. The van der Waals surface area contributed by atoms with Gasteiger partial charge in [-0.15, -0.1) is 0 Å². The minimum absolute atomic E-state index is 0.0971. The average molecular weight is 453 g/mol. The second-order valence-corrected chi connectivity index (χ2v) is 7.36. The molecule has 1 N–H and O–H groups in total. The molecule has 9 heteroatoms. The molecule has 0 saturated heterocycles. The van der Waals surface area contributed by atoms with Crippen LogP contribution in [0.3, 0.4) is 0 Å². The lowest BCUT2D eigenvalue weighted by atomic mass is 10.2. The summed E-state index contributed by atoms with van der Waals surface area (Å²) < 4.78 is 10.4. The first kappa shape index (κ1) is 23.5. The Hall–Kier alpha value is -2.77. The van der Waals surface area contributed by atoms with E-state index in [2.05, 4.69) is 5.32 Å². The Labute approximate surface area is 184 Å². The monoisotopic (exact) mass is 452 g/mol. The van der Waals surface area contributed by atoms with Crippen LogP contribution in [-0.4, -0.2) is 50.0 Å². The van der Waals surface area contributed by atoms with Gasteiger partial charge in [-0.05, 0) is 48.9 Å². The SMILES string of the molecule is CN(C)C(=O)c1ccc(NC(=O)COC(=O)CCCOc2ccc(Cl)cc2Cl)cc1. The van der Waals surface area contributed by atoms with Crippen molar-refractivity contribution in [2.75, 3.05) is 32.6 Å². The van der Waals surface area contributed by atoms with Gasteiger partial charge in [0, 0.05) is 36.8 Å². The van der Waals surface area contributed by atoms with E-state index in [1.54, 1.807) is 56.6 Å². The predicted octanol–water partition coefficient (Wildman–Crippen LogP) is 4.04. The number of anilines is 1. The summed E-state index contributed by atoms with van der Waals surface area (Å²) in [5.74, 6) is -0.640. The molecule has 0 bridgehead atoms. The van der Waals surface area contributed by atoms with Gasteiger partial charge in [-0.2, -0.15) is 0 Å². The van der Waals surface area contributed by atoms with E-state index in [1.807, 2.05) is 0 Å². The molecule has 2 aromatic rings. The minimum Gasteiger partial charge on any atom is -0.492 e. The van der Waals surface area contributed by atoms with Crippen LogP contribution in [0.25, 0.3) is 0 Å². The van der Waals surface area contributed by atoms with Crippen molar-refractivity contribution in [1.82, 2.24) is 4.90 Å². The van der Waals surface area contributed by atoms with Gasteiger partial charge in [0.2, 0.25) is 0 Å². The lowest BCUT2D eigenvalue weighted by molar-refractivity contribution is -0.147. The number of ether oxygens (including phenoxy) is 2. The fourth-order valence-corrected chi connectivity index (χ4v) is 2.82. The highest BCUT2D eigenvalue weighted by Gasteiger charge is 2.10. The van der Waals surface area contributed by atoms with Gasteiger partial charge in [0.25, 0.3) is 11.8 Å². The lowest BCUT2D eigenvalue weighted by Crippen LogP contribution is -2.22. The van der Waals surface area contributed by atoms with Crippen molar-refractivity contribution >= 4 is 46.7 Å². The molecule has 0 heterocycles. The van der Waals surface area contributed by atoms with Gasteiger partial charge >= 0.3 is 5.97 Å². The number of hydrogen-bond donors (Lipinski definition) is 1. The standard InChI is InChI=1S/C21H22Cl2N2O5/c1-25(2)21(28)14-5-8-16(9-6-14)24-19(26)13-30-20(27)4-3-11-29-18-10-7-15(22)12-17(18)23/h5-10,12H,3-4,11,13H2,1-2H3,(H,24,26). The van der Waals surface area contributed by atoms with Crippen molar-refractivity contribution in [3.8, 4) is 5.75 Å². The summed E-state index contributed by atoms with van der Waals surface area (Å²) in [5.41, 5.74) is 1.01. The van der Waals surface area contributed by atoms with Gasteiger partial charge in [0.05, 0.1) is 11.6 Å². The molecule has 0 aliphatic heterocycles. The Balaban J connectivity index is 1.66. The summed E-state index contributed by atoms with van der Waals surface area (Å²) in [6.07, 6.45) is 0.501. The molecule has 0 aromatic heterocycles. The molecular formula is C21H22Cl2N2O5. The Morgan fingerprint density at radius 1 is 1.03 bits per heavy atom. The van der Waals surface area contributed by atoms with Crippen molar-refractivity contribution in [2.24, 2.45) is 0 Å². The number of rotatable bonds is 9. The van der Waals surface area contributed by atoms with Gasteiger partial charge in [-0.1, -0.05) is 23.2 Å². The second-order valence-electron chi connectivity index (χ2n) is 6.51. The molecule has 160 valence electrons. The predicted molar refractivity (Wildman–Crippen MR) is 115 cm³/mol. The highest BCUT2D eigenvalue weighted by molar-refractivity contribution is 6.35. The first-order valence-electron chi connectivity index (χ1n) is 9.11. The van der Waals surface area contributed by atoms with Gasteiger partial charge in [0.15, 0.2) is 6.61 Å². The molecule has 0 radical (unpaired) electrons. The van der Waals surface area contributed by atoms with E-state index in [0.717, 1.165) is 0 Å². The molecule has 0 fully saturated rings. The lowest BCUT2D eigenvalue weighted by Gasteiger charge is -2.11. The molecule has 2 aromatic carbocycles. The Bertz CT molecular complexity index is 901. The first-order chi connectivity index (χ1) is 14.3. The Kier molecular flexibility index (Phi) is 8.95. The highest BCUT2D eigenvalue weighted by Crippen LogP contribution is 2.27. The molecule has 30 heavy (non-hydrogen) atoms. The fraction of sp³-hybridized carbons (Fsp3) is 0.286. The van der Waals surface area contributed by atoms with E-state index in [9.17, 15) is 14.4 Å². The van der Waals surface area contributed by atoms with Gasteiger partial charge < -0.3 is 19.7 Å². The number of carbonyl (C=O) groups excluding carboxylic acids is 3. The number of benzene rings is 2. The number of halogens is 2. The highest BCUT2D eigenvalue weighted by atomic mass is 35.5. The van der Waals surface area contributed by atoms with E-state index < -0.39 is 18.5 Å². The molecule has 2 amide bonds. The molecule has 0 spiro atoms.